The standard InChI is InChI=1S/C13H22N4OS/c1-14-12-16-15-11(19-12)9-17-7-6-13(18)5-3-2-4-10(13)8-17/h10,18H,2-9H2,1H3,(H,14,16). The summed E-state index contributed by atoms with van der Waals surface area (Å²) in [5.41, 5.74) is -0.383. The number of hydrogen-bond donors (Lipinski definition) is 2. The molecular weight excluding hydrogens is 260 g/mol. The lowest BCUT2D eigenvalue weighted by Crippen LogP contribution is -2.52. The maximum atomic E-state index is 10.7. The number of hydrogen-bond acceptors (Lipinski definition) is 6. The van der Waals surface area contributed by atoms with E-state index in [4.69, 9.17) is 0 Å². The predicted octanol–water partition coefficient (Wildman–Crippen LogP) is 1.71. The number of nitrogens with one attached hydrogen (secondary N) is 1. The van der Waals surface area contributed by atoms with E-state index in [2.05, 4.69) is 20.4 Å². The monoisotopic (exact) mass is 282 g/mol. The molecule has 2 aliphatic rings. The van der Waals surface area contributed by atoms with E-state index in [1.807, 2.05) is 7.05 Å². The van der Waals surface area contributed by atoms with Crippen LogP contribution in [0, 0.1) is 5.92 Å². The van der Waals surface area contributed by atoms with E-state index >= 15 is 0 Å². The Balaban J connectivity index is 1.61. The van der Waals surface area contributed by atoms with Crippen molar-refractivity contribution in [1.29, 1.82) is 0 Å². The summed E-state index contributed by atoms with van der Waals surface area (Å²) in [6.45, 7) is 2.85. The third kappa shape index (κ3) is 2.75. The second kappa shape index (κ2) is 5.34. The summed E-state index contributed by atoms with van der Waals surface area (Å²) in [4.78, 5) is 2.42. The summed E-state index contributed by atoms with van der Waals surface area (Å²) in [6.07, 6.45) is 5.53. The second-order valence-electron chi connectivity index (χ2n) is 5.78. The Hall–Kier alpha value is -0.720. The van der Waals surface area contributed by atoms with Crippen molar-refractivity contribution in [3.05, 3.63) is 5.01 Å². The molecule has 2 heterocycles. The highest BCUT2D eigenvalue weighted by Crippen LogP contribution is 2.40. The maximum absolute atomic E-state index is 10.7. The molecule has 0 spiro atoms. The Labute approximate surface area is 118 Å². The largest absolute Gasteiger partial charge is 0.390 e. The van der Waals surface area contributed by atoms with Crippen molar-refractivity contribution in [2.75, 3.05) is 25.5 Å². The van der Waals surface area contributed by atoms with Gasteiger partial charge in [0.2, 0.25) is 5.13 Å². The minimum absolute atomic E-state index is 0.383. The Bertz CT molecular complexity index is 438. The molecule has 1 saturated heterocycles. The topological polar surface area (TPSA) is 61.3 Å². The van der Waals surface area contributed by atoms with Gasteiger partial charge in [-0.15, -0.1) is 10.2 Å². The second-order valence-corrected chi connectivity index (χ2v) is 6.84. The molecule has 19 heavy (non-hydrogen) atoms. The number of anilines is 1. The van der Waals surface area contributed by atoms with Crippen molar-refractivity contribution in [3.8, 4) is 0 Å². The fourth-order valence-electron chi connectivity index (χ4n) is 3.39. The van der Waals surface area contributed by atoms with Gasteiger partial charge in [0.25, 0.3) is 0 Å². The van der Waals surface area contributed by atoms with Crippen LogP contribution in [-0.4, -0.2) is 45.9 Å². The van der Waals surface area contributed by atoms with Gasteiger partial charge in [0.1, 0.15) is 5.01 Å². The van der Waals surface area contributed by atoms with Crippen molar-refractivity contribution in [3.63, 3.8) is 0 Å². The van der Waals surface area contributed by atoms with Gasteiger partial charge in [-0.3, -0.25) is 4.90 Å². The van der Waals surface area contributed by atoms with E-state index in [9.17, 15) is 5.11 Å². The lowest BCUT2D eigenvalue weighted by molar-refractivity contribution is -0.0968. The molecule has 3 rings (SSSR count). The molecule has 106 valence electrons. The van der Waals surface area contributed by atoms with E-state index < -0.39 is 0 Å². The number of aliphatic hydroxyl groups is 1. The summed E-state index contributed by atoms with van der Waals surface area (Å²) in [5.74, 6) is 0.451. The van der Waals surface area contributed by atoms with E-state index in [1.54, 1.807) is 11.3 Å². The fraction of sp³-hybridized carbons (Fsp3) is 0.846. The molecule has 1 aromatic rings. The molecule has 2 fully saturated rings. The molecule has 2 N–H and O–H groups in total. The average Bonchev–Trinajstić information content (AvgIpc) is 2.87. The minimum atomic E-state index is -0.383. The van der Waals surface area contributed by atoms with Crippen LogP contribution in [0.1, 0.15) is 37.1 Å². The van der Waals surface area contributed by atoms with Crippen molar-refractivity contribution >= 4 is 16.5 Å². The third-order valence-corrected chi connectivity index (χ3v) is 5.48. The first-order valence-corrected chi connectivity index (χ1v) is 7.96. The molecule has 1 aliphatic carbocycles. The van der Waals surface area contributed by atoms with Crippen LogP contribution in [0.15, 0.2) is 0 Å². The number of nitrogens with zero attached hydrogens (tertiary/aromatic N) is 3. The van der Waals surface area contributed by atoms with Gasteiger partial charge in [0.05, 0.1) is 12.1 Å². The van der Waals surface area contributed by atoms with Crippen molar-refractivity contribution in [1.82, 2.24) is 15.1 Å². The predicted molar refractivity (Wildman–Crippen MR) is 76.3 cm³/mol. The highest BCUT2D eigenvalue weighted by Gasteiger charge is 2.42. The van der Waals surface area contributed by atoms with Crippen LogP contribution in [0.5, 0.6) is 0 Å². The van der Waals surface area contributed by atoms with Gasteiger partial charge in [-0.2, -0.15) is 0 Å². The summed E-state index contributed by atoms with van der Waals surface area (Å²) in [6, 6.07) is 0. The van der Waals surface area contributed by atoms with Gasteiger partial charge >= 0.3 is 0 Å². The highest BCUT2D eigenvalue weighted by atomic mass is 32.1. The highest BCUT2D eigenvalue weighted by molar-refractivity contribution is 7.15. The zero-order valence-electron chi connectivity index (χ0n) is 11.4. The number of rotatable bonds is 3. The zero-order valence-corrected chi connectivity index (χ0v) is 12.2. The lowest BCUT2D eigenvalue weighted by atomic mass is 9.71. The van der Waals surface area contributed by atoms with Gasteiger partial charge in [0.15, 0.2) is 0 Å². The average molecular weight is 282 g/mol. The van der Waals surface area contributed by atoms with Crippen molar-refractivity contribution in [2.45, 2.75) is 44.2 Å². The van der Waals surface area contributed by atoms with Crippen molar-refractivity contribution in [2.24, 2.45) is 5.92 Å². The van der Waals surface area contributed by atoms with Gasteiger partial charge in [-0.05, 0) is 19.3 Å². The number of piperidine rings is 1. The van der Waals surface area contributed by atoms with Gasteiger partial charge in [-0.1, -0.05) is 24.2 Å². The van der Waals surface area contributed by atoms with Crippen LogP contribution in [0.25, 0.3) is 0 Å². The number of likely N-dealkylation sites (tertiary alicyclic amines) is 1. The van der Waals surface area contributed by atoms with Crippen LogP contribution in [0.4, 0.5) is 5.13 Å². The summed E-state index contributed by atoms with van der Waals surface area (Å²) in [5, 5.41) is 23.9. The first-order chi connectivity index (χ1) is 9.19. The smallest absolute Gasteiger partial charge is 0.205 e. The molecule has 2 unspecified atom stereocenters. The SMILES string of the molecule is CNc1nnc(CN2CCC3(O)CCCCC3C2)s1. The van der Waals surface area contributed by atoms with Crippen LogP contribution in [0.2, 0.25) is 0 Å². The van der Waals surface area contributed by atoms with E-state index in [0.29, 0.717) is 5.92 Å². The first-order valence-electron chi connectivity index (χ1n) is 7.14. The van der Waals surface area contributed by atoms with Crippen LogP contribution >= 0.6 is 11.3 Å². The normalized spacial score (nSPS) is 32.0. The molecule has 0 amide bonds. The minimum Gasteiger partial charge on any atom is -0.390 e. The molecule has 6 heteroatoms. The molecule has 0 radical (unpaired) electrons. The molecule has 0 aromatic carbocycles. The zero-order chi connectivity index (χ0) is 13.3. The van der Waals surface area contributed by atoms with Crippen molar-refractivity contribution < 1.29 is 5.11 Å². The Kier molecular flexibility index (Phi) is 3.73. The molecular formula is C13H22N4OS. The molecule has 1 aliphatic heterocycles. The Morgan fingerprint density at radius 2 is 2.32 bits per heavy atom. The quantitative estimate of drug-likeness (QED) is 0.883. The summed E-state index contributed by atoms with van der Waals surface area (Å²) >= 11 is 1.62. The van der Waals surface area contributed by atoms with Crippen LogP contribution < -0.4 is 5.32 Å². The van der Waals surface area contributed by atoms with Gasteiger partial charge in [-0.25, -0.2) is 0 Å². The molecule has 1 saturated carbocycles. The molecule has 1 aromatic heterocycles. The molecule has 2 atom stereocenters. The van der Waals surface area contributed by atoms with E-state index in [-0.39, 0.29) is 5.60 Å². The molecule has 5 nitrogen and oxygen atoms in total. The van der Waals surface area contributed by atoms with E-state index in [1.165, 1.54) is 19.3 Å². The first kappa shape index (κ1) is 13.3. The summed E-state index contributed by atoms with van der Waals surface area (Å²) in [7, 11) is 1.87. The van der Waals surface area contributed by atoms with Gasteiger partial charge in [0, 0.05) is 26.1 Å². The molecule has 0 bridgehead atoms. The lowest BCUT2D eigenvalue weighted by Gasteiger charge is -2.47. The third-order valence-electron chi connectivity index (χ3n) is 4.55. The Morgan fingerprint density at radius 3 is 3.11 bits per heavy atom. The number of aromatic nitrogens is 2. The fourth-order valence-corrected chi connectivity index (χ4v) is 4.13. The van der Waals surface area contributed by atoms with Crippen LogP contribution in [0.3, 0.4) is 0 Å². The number of fused-ring (bicyclic) bond motifs is 1. The van der Waals surface area contributed by atoms with Gasteiger partial charge < -0.3 is 10.4 Å². The van der Waals surface area contributed by atoms with E-state index in [0.717, 1.165) is 42.6 Å². The maximum Gasteiger partial charge on any atom is 0.205 e. The summed E-state index contributed by atoms with van der Waals surface area (Å²) < 4.78 is 0. The Morgan fingerprint density at radius 1 is 1.42 bits per heavy atom. The van der Waals surface area contributed by atoms with Crippen LogP contribution in [-0.2, 0) is 6.54 Å².